The molecule has 0 unspecified atom stereocenters. The molecule has 2 heterocycles. The zero-order valence-corrected chi connectivity index (χ0v) is 22.7. The number of hydrogen-bond acceptors (Lipinski definition) is 5. The van der Waals surface area contributed by atoms with Crippen molar-refractivity contribution in [2.75, 3.05) is 10.7 Å². The van der Waals surface area contributed by atoms with Crippen LogP contribution in [0, 0.1) is 0 Å². The van der Waals surface area contributed by atoms with E-state index in [1.807, 2.05) is 72.8 Å². The molecule has 0 N–H and O–H groups in total. The van der Waals surface area contributed by atoms with Crippen LogP contribution < -0.4 is 10.5 Å². The summed E-state index contributed by atoms with van der Waals surface area (Å²) in [5, 5.41) is 1.38. The second-order valence-corrected chi connectivity index (χ2v) is 10.8. The van der Waals surface area contributed by atoms with Crippen LogP contribution in [0.1, 0.15) is 24.1 Å². The predicted octanol–water partition coefficient (Wildman–Crippen LogP) is 6.77. The molecule has 0 atom stereocenters. The van der Waals surface area contributed by atoms with Crippen molar-refractivity contribution >= 4 is 51.7 Å². The number of pyridine rings is 1. The van der Waals surface area contributed by atoms with Crippen molar-refractivity contribution in [3.63, 3.8) is 0 Å². The quantitative estimate of drug-likeness (QED) is 0.172. The number of aryl methyl sites for hydroxylation is 2. The summed E-state index contributed by atoms with van der Waals surface area (Å²) in [6.45, 7) is 0. The Bertz CT molecular complexity index is 1680. The summed E-state index contributed by atoms with van der Waals surface area (Å²) in [4.78, 5) is 38.9. The minimum absolute atomic E-state index is 0.0627. The molecule has 3 aromatic carbocycles. The summed E-state index contributed by atoms with van der Waals surface area (Å²) < 4.78 is 1.54. The van der Waals surface area contributed by atoms with Crippen molar-refractivity contribution in [3.8, 4) is 5.69 Å². The molecule has 6 rings (SSSR count). The second-order valence-electron chi connectivity index (χ2n) is 9.38. The van der Waals surface area contributed by atoms with Gasteiger partial charge in [0.15, 0.2) is 10.8 Å². The highest BCUT2D eigenvalue weighted by Crippen LogP contribution is 2.29. The number of anilines is 2. The molecule has 0 saturated heterocycles. The molecule has 0 saturated carbocycles. The Morgan fingerprint density at radius 1 is 0.872 bits per heavy atom. The van der Waals surface area contributed by atoms with E-state index < -0.39 is 0 Å². The fourth-order valence-corrected chi connectivity index (χ4v) is 5.97. The van der Waals surface area contributed by atoms with Crippen LogP contribution in [0.15, 0.2) is 101 Å². The predicted molar refractivity (Wildman–Crippen MR) is 158 cm³/mol. The van der Waals surface area contributed by atoms with Gasteiger partial charge in [-0.25, -0.2) is 9.97 Å². The molecule has 5 aromatic rings. The van der Waals surface area contributed by atoms with Gasteiger partial charge in [0, 0.05) is 22.1 Å². The first kappa shape index (κ1) is 25.3. The van der Waals surface area contributed by atoms with E-state index in [1.165, 1.54) is 11.8 Å². The molecule has 1 amide bonds. The molecule has 0 bridgehead atoms. The number of nitrogens with zero attached hydrogens (tertiary/aromatic N) is 4. The van der Waals surface area contributed by atoms with E-state index in [0.717, 1.165) is 48.3 Å². The number of carbonyl (C=O) groups excluding carboxylic acids is 1. The summed E-state index contributed by atoms with van der Waals surface area (Å²) >= 11 is 7.52. The topological polar surface area (TPSA) is 68.1 Å². The zero-order valence-electron chi connectivity index (χ0n) is 21.1. The van der Waals surface area contributed by atoms with Crippen LogP contribution >= 0.6 is 23.4 Å². The fraction of sp³-hybridized carbons (Fsp3) is 0.161. The summed E-state index contributed by atoms with van der Waals surface area (Å²) in [5.41, 5.74) is 4.44. The van der Waals surface area contributed by atoms with Gasteiger partial charge >= 0.3 is 0 Å². The summed E-state index contributed by atoms with van der Waals surface area (Å²) in [6.07, 6.45) is 3.96. The van der Waals surface area contributed by atoms with Gasteiger partial charge in [-0.05, 0) is 79.8 Å². The minimum Gasteiger partial charge on any atom is -0.280 e. The maximum Gasteiger partial charge on any atom is 0.268 e. The molecule has 1 aliphatic carbocycles. The molecule has 8 heteroatoms. The molecule has 6 nitrogen and oxygen atoms in total. The summed E-state index contributed by atoms with van der Waals surface area (Å²) in [5.74, 6) is -0.0736. The number of aromatic nitrogens is 3. The van der Waals surface area contributed by atoms with E-state index in [0.29, 0.717) is 26.9 Å². The highest BCUT2D eigenvalue weighted by molar-refractivity contribution is 7.99. The first-order chi connectivity index (χ1) is 19.1. The third kappa shape index (κ3) is 5.20. The maximum absolute atomic E-state index is 13.9. The van der Waals surface area contributed by atoms with Crippen LogP contribution in [0.4, 0.5) is 11.4 Å². The van der Waals surface area contributed by atoms with Crippen molar-refractivity contribution in [1.82, 2.24) is 14.5 Å². The largest absolute Gasteiger partial charge is 0.280 e. The Morgan fingerprint density at radius 3 is 2.26 bits per heavy atom. The highest BCUT2D eigenvalue weighted by atomic mass is 35.5. The van der Waals surface area contributed by atoms with Gasteiger partial charge in [-0.1, -0.05) is 65.8 Å². The normalized spacial score (nSPS) is 12.7. The van der Waals surface area contributed by atoms with Crippen LogP contribution in [0.25, 0.3) is 16.7 Å². The molecule has 0 aliphatic heterocycles. The first-order valence-electron chi connectivity index (χ1n) is 12.9. The van der Waals surface area contributed by atoms with Gasteiger partial charge < -0.3 is 0 Å². The standard InChI is InChI=1S/C31H25ClN4O2S/c32-22-11-9-16-25(19-22)36-30(38)26-18-21-10-7-8-17-27(21)33-29(26)34-31(36)39-20-28(37)35(23-12-3-1-4-13-23)24-14-5-2-6-15-24/h1-6,9,11-16,18-19H,7-8,10,17,20H2. The van der Waals surface area contributed by atoms with Gasteiger partial charge in [-0.15, -0.1) is 0 Å². The van der Waals surface area contributed by atoms with Gasteiger partial charge in [-0.2, -0.15) is 0 Å². The van der Waals surface area contributed by atoms with Gasteiger partial charge in [-0.3, -0.25) is 19.1 Å². The number of rotatable bonds is 6. The maximum atomic E-state index is 13.9. The first-order valence-corrected chi connectivity index (χ1v) is 14.2. The molecule has 0 spiro atoms. The Kier molecular flexibility index (Phi) is 7.18. The second kappa shape index (κ2) is 11.0. The molecule has 194 valence electrons. The summed E-state index contributed by atoms with van der Waals surface area (Å²) in [7, 11) is 0. The number of fused-ring (bicyclic) bond motifs is 2. The Hall–Kier alpha value is -3.94. The van der Waals surface area contributed by atoms with E-state index in [9.17, 15) is 9.59 Å². The van der Waals surface area contributed by atoms with Crippen LogP contribution in [-0.4, -0.2) is 26.2 Å². The number of amides is 1. The highest BCUT2D eigenvalue weighted by Gasteiger charge is 2.22. The van der Waals surface area contributed by atoms with Crippen LogP contribution in [0.3, 0.4) is 0 Å². The lowest BCUT2D eigenvalue weighted by molar-refractivity contribution is -0.115. The third-order valence-electron chi connectivity index (χ3n) is 6.78. The van der Waals surface area contributed by atoms with Gasteiger partial charge in [0.1, 0.15) is 0 Å². The van der Waals surface area contributed by atoms with Crippen LogP contribution in [-0.2, 0) is 17.6 Å². The third-order valence-corrected chi connectivity index (χ3v) is 7.93. The van der Waals surface area contributed by atoms with Crippen molar-refractivity contribution in [2.24, 2.45) is 0 Å². The lowest BCUT2D eigenvalue weighted by Gasteiger charge is -2.23. The average Bonchev–Trinajstić information content (AvgIpc) is 2.96. The molecular formula is C31H25ClN4O2S. The molecule has 0 radical (unpaired) electrons. The van der Waals surface area contributed by atoms with Crippen molar-refractivity contribution in [1.29, 1.82) is 0 Å². The van der Waals surface area contributed by atoms with E-state index in [-0.39, 0.29) is 17.2 Å². The van der Waals surface area contributed by atoms with E-state index >= 15 is 0 Å². The average molecular weight is 553 g/mol. The zero-order chi connectivity index (χ0) is 26.8. The SMILES string of the molecule is O=C(CSc1nc2nc3c(cc2c(=O)n1-c1cccc(Cl)c1)CCCC3)N(c1ccccc1)c1ccccc1. The number of hydrogen-bond donors (Lipinski definition) is 0. The number of carbonyl (C=O) groups is 1. The smallest absolute Gasteiger partial charge is 0.268 e. The lowest BCUT2D eigenvalue weighted by atomic mass is 9.95. The lowest BCUT2D eigenvalue weighted by Crippen LogP contribution is -2.28. The molecule has 1 aliphatic rings. The van der Waals surface area contributed by atoms with Crippen molar-refractivity contribution in [3.05, 3.63) is 118 Å². The Labute approximate surface area is 235 Å². The van der Waals surface area contributed by atoms with Gasteiger partial charge in [0.25, 0.3) is 5.56 Å². The van der Waals surface area contributed by atoms with Gasteiger partial charge in [0.05, 0.1) is 16.8 Å². The van der Waals surface area contributed by atoms with E-state index in [2.05, 4.69) is 0 Å². The Balaban J connectivity index is 1.42. The molecule has 39 heavy (non-hydrogen) atoms. The van der Waals surface area contributed by atoms with E-state index in [1.54, 1.807) is 27.7 Å². The number of halogens is 1. The van der Waals surface area contributed by atoms with Crippen molar-refractivity contribution in [2.45, 2.75) is 30.8 Å². The van der Waals surface area contributed by atoms with E-state index in [4.69, 9.17) is 21.6 Å². The summed E-state index contributed by atoms with van der Waals surface area (Å²) in [6, 6.07) is 28.1. The fourth-order valence-electron chi connectivity index (χ4n) is 4.94. The van der Waals surface area contributed by atoms with Crippen LogP contribution in [0.5, 0.6) is 0 Å². The number of thioether (sulfide) groups is 1. The minimum atomic E-state index is -0.221. The Morgan fingerprint density at radius 2 is 1.56 bits per heavy atom. The molecule has 0 fully saturated rings. The van der Waals surface area contributed by atoms with Gasteiger partial charge in [0.2, 0.25) is 5.91 Å². The number of para-hydroxylation sites is 2. The monoisotopic (exact) mass is 552 g/mol. The van der Waals surface area contributed by atoms with Crippen molar-refractivity contribution < 1.29 is 4.79 Å². The molecular weight excluding hydrogens is 528 g/mol. The van der Waals surface area contributed by atoms with Crippen LogP contribution in [0.2, 0.25) is 5.02 Å². The number of benzene rings is 3. The molecule has 2 aromatic heterocycles.